The molecule has 0 spiro atoms. The van der Waals surface area contributed by atoms with Crippen LogP contribution in [-0.4, -0.2) is 36.5 Å². The van der Waals surface area contributed by atoms with E-state index < -0.39 is 5.69 Å². The van der Waals surface area contributed by atoms with Gasteiger partial charge in [0.25, 0.3) is 17.0 Å². The zero-order chi connectivity index (χ0) is 16.4. The summed E-state index contributed by atoms with van der Waals surface area (Å²) in [4.78, 5) is 15.8. The highest BCUT2D eigenvalue weighted by Crippen LogP contribution is 2.26. The van der Waals surface area contributed by atoms with Crippen molar-refractivity contribution in [1.29, 1.82) is 0 Å². The Kier molecular flexibility index (Phi) is 3.53. The first-order valence-corrected chi connectivity index (χ1v) is 7.13. The van der Waals surface area contributed by atoms with Gasteiger partial charge in [-0.3, -0.25) is 0 Å². The molecular formula is C11H12N6O4S. The molecule has 0 radical (unpaired) electrons. The predicted molar refractivity (Wildman–Crippen MR) is 74.3 cm³/mol. The van der Waals surface area contributed by atoms with Crippen LogP contribution in [0.1, 0.15) is 13.9 Å². The third-order valence-electron chi connectivity index (χ3n) is 2.63. The molecule has 0 aliphatic rings. The average Bonchev–Trinajstić information content (AvgIpc) is 3.20. The van der Waals surface area contributed by atoms with E-state index in [9.17, 15) is 4.79 Å². The largest absolute Gasteiger partial charge is 0.475 e. The summed E-state index contributed by atoms with van der Waals surface area (Å²) in [7, 11) is 1.47. The molecule has 0 atom stereocenters. The van der Waals surface area contributed by atoms with E-state index in [-0.39, 0.29) is 24.5 Å². The first kappa shape index (κ1) is 13.0. The van der Waals surface area contributed by atoms with Crippen LogP contribution in [0.2, 0.25) is 0 Å². The van der Waals surface area contributed by atoms with Crippen molar-refractivity contribution in [3.63, 3.8) is 0 Å². The van der Waals surface area contributed by atoms with E-state index in [0.717, 1.165) is 9.36 Å². The van der Waals surface area contributed by atoms with E-state index >= 15 is 0 Å². The second-order valence-electron chi connectivity index (χ2n) is 4.03. The number of rotatable bonds is 6. The first-order chi connectivity index (χ1) is 11.1. The van der Waals surface area contributed by atoms with Crippen LogP contribution in [0.5, 0.6) is 11.1 Å². The fraction of sp³-hybridized carbons (Fsp3) is 0.364. The van der Waals surface area contributed by atoms with Crippen molar-refractivity contribution in [2.24, 2.45) is 7.05 Å². The molecule has 0 saturated heterocycles. The standard InChI is InChI=1S/C11H12N6O4S/c1-3-19-8-7(6-20-10-12-4-5-22-10)9(21-13-8)17-11(18)16(2)14-15-17/h4-5H,3,6H2,1-2H3/i4T. The van der Waals surface area contributed by atoms with Crippen molar-refractivity contribution >= 4 is 11.3 Å². The molecule has 3 aromatic heterocycles. The third-order valence-corrected chi connectivity index (χ3v) is 3.27. The smallest absolute Gasteiger partial charge is 0.370 e. The highest BCUT2D eigenvalue weighted by atomic mass is 32.1. The van der Waals surface area contributed by atoms with Gasteiger partial charge in [-0.25, -0.2) is 9.78 Å². The monoisotopic (exact) mass is 326 g/mol. The van der Waals surface area contributed by atoms with Gasteiger partial charge in [-0.2, -0.15) is 4.68 Å². The van der Waals surface area contributed by atoms with Crippen LogP contribution in [-0.2, 0) is 13.7 Å². The lowest BCUT2D eigenvalue weighted by Gasteiger charge is -2.04. The van der Waals surface area contributed by atoms with Gasteiger partial charge in [0, 0.05) is 18.6 Å². The number of thiazole rings is 1. The molecule has 3 aromatic rings. The number of nitrogens with zero attached hydrogens (tertiary/aromatic N) is 6. The second-order valence-corrected chi connectivity index (χ2v) is 4.85. The molecule has 0 bridgehead atoms. The van der Waals surface area contributed by atoms with E-state index in [1.165, 1.54) is 18.4 Å². The predicted octanol–water partition coefficient (Wildman–Crippen LogP) is 0.388. The fourth-order valence-electron chi connectivity index (χ4n) is 1.65. The van der Waals surface area contributed by atoms with E-state index in [1.807, 2.05) is 0 Å². The van der Waals surface area contributed by atoms with Crippen molar-refractivity contribution in [2.45, 2.75) is 13.5 Å². The lowest BCUT2D eigenvalue weighted by molar-refractivity contribution is 0.276. The highest BCUT2D eigenvalue weighted by Gasteiger charge is 2.23. The summed E-state index contributed by atoms with van der Waals surface area (Å²) < 4.78 is 25.4. The molecule has 3 heterocycles. The van der Waals surface area contributed by atoms with Crippen LogP contribution in [0, 0.1) is 0 Å². The number of aromatic nitrogens is 6. The zero-order valence-corrected chi connectivity index (χ0v) is 12.5. The molecule has 3 rings (SSSR count). The summed E-state index contributed by atoms with van der Waals surface area (Å²) in [6.45, 7) is 2.15. The summed E-state index contributed by atoms with van der Waals surface area (Å²) in [5, 5.41) is 13.0. The maximum absolute atomic E-state index is 12.0. The Morgan fingerprint density at radius 1 is 1.45 bits per heavy atom. The van der Waals surface area contributed by atoms with Gasteiger partial charge in [0.15, 0.2) is 0 Å². The SMILES string of the molecule is [3H]c1csc(OCc2c(OCC)noc2-n2nnn(C)c2=O)n1. The summed E-state index contributed by atoms with van der Waals surface area (Å²) in [5.41, 5.74) is -0.0932. The molecule has 10 nitrogen and oxygen atoms in total. The van der Waals surface area contributed by atoms with Crippen LogP contribution in [0.3, 0.4) is 0 Å². The van der Waals surface area contributed by atoms with Crippen LogP contribution in [0.15, 0.2) is 20.9 Å². The Labute approximate surface area is 129 Å². The fourth-order valence-corrected chi connectivity index (χ4v) is 2.09. The Hall–Kier alpha value is -2.69. The number of hydrogen-bond acceptors (Lipinski definition) is 9. The van der Waals surface area contributed by atoms with Gasteiger partial charge in [0.2, 0.25) is 0 Å². The normalized spacial score (nSPS) is 11.5. The quantitative estimate of drug-likeness (QED) is 0.639. The maximum atomic E-state index is 12.0. The molecule has 22 heavy (non-hydrogen) atoms. The lowest BCUT2D eigenvalue weighted by Crippen LogP contribution is -2.22. The van der Waals surface area contributed by atoms with Crippen LogP contribution >= 0.6 is 11.3 Å². The van der Waals surface area contributed by atoms with E-state index in [2.05, 4.69) is 20.6 Å². The first-order valence-electron chi connectivity index (χ1n) is 6.75. The highest BCUT2D eigenvalue weighted by molar-refractivity contribution is 7.11. The molecule has 116 valence electrons. The number of tetrazole rings is 1. The Balaban J connectivity index is 1.94. The molecular weight excluding hydrogens is 312 g/mol. The Morgan fingerprint density at radius 2 is 2.32 bits per heavy atom. The Morgan fingerprint density at radius 3 is 2.95 bits per heavy atom. The van der Waals surface area contributed by atoms with Crippen LogP contribution in [0.4, 0.5) is 0 Å². The molecule has 0 aliphatic heterocycles. The Bertz CT molecular complexity index is 868. The van der Waals surface area contributed by atoms with Crippen LogP contribution < -0.4 is 15.2 Å². The van der Waals surface area contributed by atoms with Crippen molar-refractivity contribution < 1.29 is 15.4 Å². The van der Waals surface area contributed by atoms with Gasteiger partial charge in [0.05, 0.1) is 7.98 Å². The molecule has 0 fully saturated rings. The minimum atomic E-state index is -0.492. The van der Waals surface area contributed by atoms with Gasteiger partial charge in [-0.15, -0.1) is 4.68 Å². The van der Waals surface area contributed by atoms with Gasteiger partial charge in [-0.05, 0) is 22.5 Å². The number of ether oxygens (including phenoxy) is 2. The van der Waals surface area contributed by atoms with Gasteiger partial charge in [-0.1, -0.05) is 11.3 Å². The minimum Gasteiger partial charge on any atom is -0.475 e. The average molecular weight is 326 g/mol. The van der Waals surface area contributed by atoms with Crippen molar-refractivity contribution in [1.82, 2.24) is 29.9 Å². The molecule has 0 unspecified atom stereocenters. The van der Waals surface area contributed by atoms with Crippen molar-refractivity contribution in [3.8, 4) is 17.0 Å². The van der Waals surface area contributed by atoms with E-state index in [0.29, 0.717) is 17.4 Å². The minimum absolute atomic E-state index is 0.00979. The van der Waals surface area contributed by atoms with Crippen molar-refractivity contribution in [3.05, 3.63) is 27.6 Å². The van der Waals surface area contributed by atoms with E-state index in [1.54, 1.807) is 12.3 Å². The van der Waals surface area contributed by atoms with Crippen LogP contribution in [0.25, 0.3) is 5.88 Å². The lowest BCUT2D eigenvalue weighted by atomic mass is 10.3. The zero-order valence-electron chi connectivity index (χ0n) is 12.7. The molecule has 0 aromatic carbocycles. The summed E-state index contributed by atoms with van der Waals surface area (Å²) >= 11 is 1.19. The number of hydrogen-bond donors (Lipinski definition) is 0. The van der Waals surface area contributed by atoms with Crippen molar-refractivity contribution in [2.75, 3.05) is 6.61 Å². The molecule has 0 aliphatic carbocycles. The van der Waals surface area contributed by atoms with E-state index in [4.69, 9.17) is 15.4 Å². The summed E-state index contributed by atoms with van der Waals surface area (Å²) in [5.74, 6) is 0.261. The molecule has 0 N–H and O–H groups in total. The topological polar surface area (TPSA) is 110 Å². The number of aryl methyl sites for hydroxylation is 1. The summed E-state index contributed by atoms with van der Waals surface area (Å²) in [6.07, 6.45) is 0.116. The molecule has 0 saturated carbocycles. The van der Waals surface area contributed by atoms with Gasteiger partial charge < -0.3 is 14.0 Å². The maximum Gasteiger partial charge on any atom is 0.370 e. The molecule has 11 heteroatoms. The second kappa shape index (κ2) is 5.97. The summed E-state index contributed by atoms with van der Waals surface area (Å²) in [6, 6.07) is 0. The van der Waals surface area contributed by atoms with Gasteiger partial charge in [0.1, 0.15) is 12.2 Å². The van der Waals surface area contributed by atoms with Gasteiger partial charge >= 0.3 is 5.69 Å². The third kappa shape index (κ3) is 2.57. The molecule has 0 amide bonds.